The largest absolute Gasteiger partial charge is 0.241 e. The van der Waals surface area contributed by atoms with Crippen molar-refractivity contribution in [3.63, 3.8) is 0 Å². The van der Waals surface area contributed by atoms with Crippen LogP contribution in [0.25, 0.3) is 5.69 Å². The first-order valence-corrected chi connectivity index (χ1v) is 5.59. The van der Waals surface area contributed by atoms with Crippen LogP contribution in [0.1, 0.15) is 0 Å². The van der Waals surface area contributed by atoms with Gasteiger partial charge in [-0.3, -0.25) is 0 Å². The molecule has 0 unspecified atom stereocenters. The van der Waals surface area contributed by atoms with Crippen LogP contribution in [0.2, 0.25) is 0 Å². The molecule has 2 nitrogen and oxygen atoms in total. The molecule has 0 bridgehead atoms. The Labute approximate surface area is 98.2 Å². The van der Waals surface area contributed by atoms with Gasteiger partial charge in [-0.2, -0.15) is 5.10 Å². The molecule has 66 valence electrons. The molecular weight excluding hydrogens is 343 g/mol. The average Bonchev–Trinajstić information content (AvgIpc) is 2.62. The Morgan fingerprint density at radius 3 is 2.85 bits per heavy atom. The number of nitrogens with zero attached hydrogens (tertiary/aromatic N) is 2. The van der Waals surface area contributed by atoms with Crippen LogP contribution in [0.3, 0.4) is 0 Å². The normalized spacial score (nSPS) is 10.3. The maximum absolute atomic E-state index is 4.15. The second-order valence-electron chi connectivity index (χ2n) is 2.55. The van der Waals surface area contributed by atoms with Crippen LogP contribution in [0, 0.1) is 3.57 Å². The van der Waals surface area contributed by atoms with Crippen LogP contribution in [0.4, 0.5) is 0 Å². The summed E-state index contributed by atoms with van der Waals surface area (Å²) in [7, 11) is 0. The second kappa shape index (κ2) is 3.79. The maximum atomic E-state index is 4.15. The highest BCUT2D eigenvalue weighted by molar-refractivity contribution is 14.1. The number of hydrogen-bond acceptors (Lipinski definition) is 1. The van der Waals surface area contributed by atoms with E-state index < -0.39 is 0 Å². The van der Waals surface area contributed by atoms with Gasteiger partial charge in [-0.15, -0.1) is 0 Å². The van der Waals surface area contributed by atoms with Crippen LogP contribution in [0.5, 0.6) is 0 Å². The molecule has 1 aromatic heterocycles. The second-order valence-corrected chi connectivity index (χ2v) is 4.57. The van der Waals surface area contributed by atoms with Gasteiger partial charge in [-0.25, -0.2) is 4.68 Å². The van der Waals surface area contributed by atoms with E-state index in [1.807, 2.05) is 23.0 Å². The van der Waals surface area contributed by atoms with E-state index in [2.05, 4.69) is 55.8 Å². The molecule has 0 aliphatic heterocycles. The van der Waals surface area contributed by atoms with Crippen LogP contribution < -0.4 is 0 Å². The Morgan fingerprint density at radius 2 is 2.23 bits per heavy atom. The van der Waals surface area contributed by atoms with Gasteiger partial charge in [-0.05, 0) is 62.8 Å². The van der Waals surface area contributed by atoms with Gasteiger partial charge in [-0.1, -0.05) is 0 Å². The average molecular weight is 349 g/mol. The van der Waals surface area contributed by atoms with Gasteiger partial charge >= 0.3 is 0 Å². The van der Waals surface area contributed by atoms with Crippen LogP contribution >= 0.6 is 38.5 Å². The maximum Gasteiger partial charge on any atom is 0.0657 e. The van der Waals surface area contributed by atoms with Crippen LogP contribution in [-0.4, -0.2) is 9.78 Å². The quantitative estimate of drug-likeness (QED) is 0.723. The lowest BCUT2D eigenvalue weighted by molar-refractivity contribution is 0.879. The molecule has 1 heterocycles. The molecule has 0 saturated heterocycles. The Bertz CT molecular complexity index is 412. The summed E-state index contributed by atoms with van der Waals surface area (Å²) in [6.45, 7) is 0. The molecule has 0 atom stereocenters. The molecule has 0 spiro atoms. The molecule has 0 saturated carbocycles. The van der Waals surface area contributed by atoms with E-state index in [4.69, 9.17) is 0 Å². The van der Waals surface area contributed by atoms with Crippen LogP contribution in [0.15, 0.2) is 41.1 Å². The first kappa shape index (κ1) is 9.21. The van der Waals surface area contributed by atoms with E-state index in [1.54, 1.807) is 6.20 Å². The highest BCUT2D eigenvalue weighted by Crippen LogP contribution is 2.21. The van der Waals surface area contributed by atoms with Crippen molar-refractivity contribution in [3.8, 4) is 5.69 Å². The highest BCUT2D eigenvalue weighted by Gasteiger charge is 1.99. The molecule has 2 aromatic rings. The van der Waals surface area contributed by atoms with Crippen molar-refractivity contribution < 1.29 is 0 Å². The van der Waals surface area contributed by atoms with Gasteiger partial charge in [0.1, 0.15) is 0 Å². The van der Waals surface area contributed by atoms with Crippen molar-refractivity contribution in [2.75, 3.05) is 0 Å². The van der Waals surface area contributed by atoms with Crippen LogP contribution in [-0.2, 0) is 0 Å². The SMILES string of the molecule is Brc1cc(-n2cccn2)ccc1I. The number of hydrogen-bond donors (Lipinski definition) is 0. The minimum Gasteiger partial charge on any atom is -0.241 e. The van der Waals surface area contributed by atoms with E-state index in [9.17, 15) is 0 Å². The Kier molecular flexibility index (Phi) is 2.69. The van der Waals surface area contributed by atoms with Crippen molar-refractivity contribution in [1.82, 2.24) is 9.78 Å². The van der Waals surface area contributed by atoms with Crippen molar-refractivity contribution in [3.05, 3.63) is 44.7 Å². The third kappa shape index (κ3) is 1.94. The van der Waals surface area contributed by atoms with Gasteiger partial charge in [0, 0.05) is 20.4 Å². The lowest BCUT2D eigenvalue weighted by Crippen LogP contribution is -1.93. The summed E-state index contributed by atoms with van der Waals surface area (Å²) in [6, 6.07) is 8.06. The number of benzene rings is 1. The predicted octanol–water partition coefficient (Wildman–Crippen LogP) is 3.24. The molecule has 0 aliphatic rings. The fourth-order valence-electron chi connectivity index (χ4n) is 1.05. The molecule has 0 radical (unpaired) electrons. The fraction of sp³-hybridized carbons (Fsp3) is 0. The summed E-state index contributed by atoms with van der Waals surface area (Å²) in [6.07, 6.45) is 3.69. The zero-order valence-corrected chi connectivity index (χ0v) is 10.4. The topological polar surface area (TPSA) is 17.8 Å². The number of aromatic nitrogens is 2. The molecular formula is C9H6BrIN2. The highest BCUT2D eigenvalue weighted by atomic mass is 127. The van der Waals surface area contributed by atoms with Gasteiger partial charge in [0.15, 0.2) is 0 Å². The Hall–Kier alpha value is -0.360. The molecule has 0 fully saturated rings. The number of rotatable bonds is 1. The van der Waals surface area contributed by atoms with Gasteiger partial charge in [0.2, 0.25) is 0 Å². The van der Waals surface area contributed by atoms with Crippen molar-refractivity contribution in [2.24, 2.45) is 0 Å². The van der Waals surface area contributed by atoms with E-state index in [0.29, 0.717) is 0 Å². The molecule has 13 heavy (non-hydrogen) atoms. The van der Waals surface area contributed by atoms with E-state index in [1.165, 1.54) is 3.57 Å². The first-order chi connectivity index (χ1) is 6.27. The fourth-order valence-corrected chi connectivity index (χ4v) is 1.75. The van der Waals surface area contributed by atoms with Crippen molar-refractivity contribution in [1.29, 1.82) is 0 Å². The third-order valence-electron chi connectivity index (χ3n) is 1.67. The van der Waals surface area contributed by atoms with E-state index >= 15 is 0 Å². The zero-order valence-electron chi connectivity index (χ0n) is 6.61. The zero-order chi connectivity index (χ0) is 9.26. The summed E-state index contributed by atoms with van der Waals surface area (Å²) < 4.78 is 4.13. The van der Waals surface area contributed by atoms with E-state index in [0.717, 1.165) is 10.2 Å². The smallest absolute Gasteiger partial charge is 0.0657 e. The summed E-state index contributed by atoms with van der Waals surface area (Å²) in [5, 5.41) is 4.15. The van der Waals surface area contributed by atoms with Gasteiger partial charge in [0.05, 0.1) is 5.69 Å². The van der Waals surface area contributed by atoms with E-state index in [-0.39, 0.29) is 0 Å². The predicted molar refractivity (Wildman–Crippen MR) is 64.0 cm³/mol. The first-order valence-electron chi connectivity index (χ1n) is 3.72. The summed E-state index contributed by atoms with van der Waals surface area (Å²) in [5.41, 5.74) is 1.07. The summed E-state index contributed by atoms with van der Waals surface area (Å²) in [4.78, 5) is 0. The van der Waals surface area contributed by atoms with Crippen molar-refractivity contribution in [2.45, 2.75) is 0 Å². The minimum atomic E-state index is 1.07. The standard InChI is InChI=1S/C9H6BrIN2/c10-8-6-7(2-3-9(8)11)13-5-1-4-12-13/h1-6H. The molecule has 0 N–H and O–H groups in total. The monoisotopic (exact) mass is 348 g/mol. The summed E-state index contributed by atoms with van der Waals surface area (Å²) >= 11 is 5.77. The molecule has 2 rings (SSSR count). The molecule has 4 heteroatoms. The lowest BCUT2D eigenvalue weighted by Gasteiger charge is -2.02. The van der Waals surface area contributed by atoms with Crippen molar-refractivity contribution >= 4 is 38.5 Å². The Balaban J connectivity index is 2.49. The molecule has 0 amide bonds. The summed E-state index contributed by atoms with van der Waals surface area (Å²) in [5.74, 6) is 0. The van der Waals surface area contributed by atoms with Gasteiger partial charge in [0.25, 0.3) is 0 Å². The Morgan fingerprint density at radius 1 is 1.38 bits per heavy atom. The van der Waals surface area contributed by atoms with Gasteiger partial charge < -0.3 is 0 Å². The lowest BCUT2D eigenvalue weighted by atomic mass is 10.3. The molecule has 0 aliphatic carbocycles. The molecule has 1 aromatic carbocycles. The number of halogens is 2. The third-order valence-corrected chi connectivity index (χ3v) is 4.01. The minimum absolute atomic E-state index is 1.07.